The monoisotopic (exact) mass is 254 g/mol. The number of ether oxygens (including phenoxy) is 3. The summed E-state index contributed by atoms with van der Waals surface area (Å²) in [6.07, 6.45) is -2.16. The van der Waals surface area contributed by atoms with Crippen LogP contribution in [0.5, 0.6) is 0 Å². The summed E-state index contributed by atoms with van der Waals surface area (Å²) in [5.41, 5.74) is 0. The predicted molar refractivity (Wildman–Crippen MR) is 65.7 cm³/mol. The van der Waals surface area contributed by atoms with Crippen LogP contribution >= 0.6 is 0 Å². The molecule has 0 spiro atoms. The summed E-state index contributed by atoms with van der Waals surface area (Å²) < 4.78 is 29.3. The lowest BCUT2D eigenvalue weighted by atomic mass is 10.4. The van der Waals surface area contributed by atoms with E-state index in [9.17, 15) is 0 Å². The smallest absolute Gasteiger partial charge is 0.286 e. The molecule has 6 nitrogen and oxygen atoms in total. The molecule has 0 amide bonds. The molecule has 6 radical (unpaired) electrons. The molecule has 0 aliphatic rings. The fraction of sp³-hybridized carbons (Fsp3) is 1.00. The van der Waals surface area contributed by atoms with Crippen molar-refractivity contribution in [3.63, 3.8) is 0 Å². The van der Waals surface area contributed by atoms with Gasteiger partial charge < -0.3 is 28.2 Å². The zero-order chi connectivity index (χ0) is 14.0. The maximum Gasteiger partial charge on any atom is 0.286 e. The van der Waals surface area contributed by atoms with E-state index in [4.69, 9.17) is 38.4 Å². The number of rotatable bonds is 11. The lowest BCUT2D eigenvalue weighted by Gasteiger charge is -2.24. The van der Waals surface area contributed by atoms with Gasteiger partial charge >= 0.3 is 0 Å². The maximum absolute atomic E-state index is 5.40. The van der Waals surface area contributed by atoms with Gasteiger partial charge in [-0.3, -0.25) is 0 Å². The van der Waals surface area contributed by atoms with Crippen LogP contribution in [0.15, 0.2) is 0 Å². The normalized spacial score (nSPS) is 18.2. The lowest BCUT2D eigenvalue weighted by Crippen LogP contribution is -2.33. The third-order valence-electron chi connectivity index (χ3n) is 1.99. The first-order valence-corrected chi connectivity index (χ1v) is 5.48. The first-order chi connectivity index (χ1) is 8.53. The number of hydrogen-bond acceptors (Lipinski definition) is 6. The fourth-order valence-electron chi connectivity index (χ4n) is 0.994. The molecule has 0 saturated carbocycles. The van der Waals surface area contributed by atoms with Crippen LogP contribution in [0.4, 0.5) is 0 Å². The van der Waals surface area contributed by atoms with E-state index in [0.29, 0.717) is 0 Å². The molecule has 0 aliphatic heterocycles. The maximum atomic E-state index is 5.40. The van der Waals surface area contributed by atoms with E-state index in [0.717, 1.165) is 0 Å². The van der Waals surface area contributed by atoms with Crippen LogP contribution in [0, 0.1) is 0 Å². The SMILES string of the molecule is [B]OC(C)OCC(COC(C)O[B])OC(C)O[B]. The Hall–Kier alpha value is -0.0452. The van der Waals surface area contributed by atoms with Crippen molar-refractivity contribution in [3.05, 3.63) is 0 Å². The molecular formula is C9H17B3O6. The van der Waals surface area contributed by atoms with Crippen molar-refractivity contribution in [2.45, 2.75) is 45.7 Å². The highest BCUT2D eigenvalue weighted by atomic mass is 16.7. The van der Waals surface area contributed by atoms with E-state index in [-0.39, 0.29) is 13.2 Å². The number of hydrogen-bond donors (Lipinski definition) is 0. The molecule has 18 heavy (non-hydrogen) atoms. The average molecular weight is 254 g/mol. The van der Waals surface area contributed by atoms with E-state index >= 15 is 0 Å². The van der Waals surface area contributed by atoms with Gasteiger partial charge in [0.25, 0.3) is 24.1 Å². The molecule has 0 saturated heterocycles. The van der Waals surface area contributed by atoms with Gasteiger partial charge in [-0.2, -0.15) is 0 Å². The predicted octanol–water partition coefficient (Wildman–Crippen LogP) is -0.257. The molecule has 0 heterocycles. The minimum Gasteiger partial charge on any atom is -0.425 e. The highest BCUT2D eigenvalue weighted by Crippen LogP contribution is 2.05. The summed E-state index contributed by atoms with van der Waals surface area (Å²) in [6, 6.07) is 0. The topological polar surface area (TPSA) is 55.4 Å². The third kappa shape index (κ3) is 8.96. The molecule has 3 unspecified atom stereocenters. The second-order valence-corrected chi connectivity index (χ2v) is 3.54. The Labute approximate surface area is 112 Å². The molecule has 0 bridgehead atoms. The molecule has 0 aromatic carbocycles. The zero-order valence-corrected chi connectivity index (χ0v) is 10.9. The molecule has 0 rings (SSSR count). The summed E-state index contributed by atoms with van der Waals surface area (Å²) in [4.78, 5) is 0. The van der Waals surface area contributed by atoms with E-state index in [1.165, 1.54) is 0 Å². The van der Waals surface area contributed by atoms with Crippen molar-refractivity contribution >= 4 is 24.1 Å². The molecule has 3 atom stereocenters. The second kappa shape index (κ2) is 10.8. The van der Waals surface area contributed by atoms with Crippen LogP contribution in [0.1, 0.15) is 20.8 Å². The quantitative estimate of drug-likeness (QED) is 0.374. The van der Waals surface area contributed by atoms with Crippen molar-refractivity contribution < 1.29 is 28.2 Å². The third-order valence-corrected chi connectivity index (χ3v) is 1.99. The van der Waals surface area contributed by atoms with E-state index in [1.54, 1.807) is 20.8 Å². The Morgan fingerprint density at radius 3 is 1.44 bits per heavy atom. The van der Waals surface area contributed by atoms with Crippen LogP contribution in [0.3, 0.4) is 0 Å². The Kier molecular flexibility index (Phi) is 10.8. The summed E-state index contributed by atoms with van der Waals surface area (Å²) in [6.45, 7) is 5.30. The molecule has 0 aromatic rings. The van der Waals surface area contributed by atoms with E-state index < -0.39 is 25.0 Å². The van der Waals surface area contributed by atoms with Gasteiger partial charge in [-0.1, -0.05) is 0 Å². The Balaban J connectivity index is 4.07. The molecule has 98 valence electrons. The summed E-state index contributed by atoms with van der Waals surface area (Å²) >= 11 is 0. The Morgan fingerprint density at radius 1 is 0.722 bits per heavy atom. The molecule has 0 fully saturated rings. The average Bonchev–Trinajstić information content (AvgIpc) is 2.40. The zero-order valence-electron chi connectivity index (χ0n) is 10.9. The van der Waals surface area contributed by atoms with Crippen molar-refractivity contribution in [2.75, 3.05) is 13.2 Å². The van der Waals surface area contributed by atoms with Gasteiger partial charge in [-0.25, -0.2) is 0 Å². The summed E-state index contributed by atoms with van der Waals surface area (Å²) in [5, 5.41) is 0. The largest absolute Gasteiger partial charge is 0.425 e. The summed E-state index contributed by atoms with van der Waals surface area (Å²) in [7, 11) is 14.9. The van der Waals surface area contributed by atoms with Gasteiger partial charge in [0.15, 0.2) is 0 Å². The highest BCUT2D eigenvalue weighted by molar-refractivity contribution is 5.98. The van der Waals surface area contributed by atoms with Gasteiger partial charge in [0.1, 0.15) is 25.0 Å². The standard InChI is InChI=1S/C9H17B3O6/c1-6(16-10)13-4-9(15-8(3)18-12)5-14-7(2)17-11/h6-9H,4-5H2,1-3H3. The van der Waals surface area contributed by atoms with Gasteiger partial charge in [-0.05, 0) is 20.8 Å². The highest BCUT2D eigenvalue weighted by Gasteiger charge is 2.16. The van der Waals surface area contributed by atoms with Gasteiger partial charge in [0.2, 0.25) is 0 Å². The Morgan fingerprint density at radius 2 is 1.11 bits per heavy atom. The molecule has 0 aromatic heterocycles. The van der Waals surface area contributed by atoms with Crippen molar-refractivity contribution in [1.29, 1.82) is 0 Å². The van der Waals surface area contributed by atoms with Crippen LogP contribution in [-0.2, 0) is 28.2 Å². The van der Waals surface area contributed by atoms with E-state index in [2.05, 4.69) is 14.0 Å². The van der Waals surface area contributed by atoms with Crippen molar-refractivity contribution in [3.8, 4) is 0 Å². The van der Waals surface area contributed by atoms with Crippen LogP contribution in [-0.4, -0.2) is 62.3 Å². The lowest BCUT2D eigenvalue weighted by molar-refractivity contribution is -0.185. The Bertz CT molecular complexity index is 185. The first kappa shape index (κ1) is 18.0. The second-order valence-electron chi connectivity index (χ2n) is 3.54. The van der Waals surface area contributed by atoms with Crippen molar-refractivity contribution in [1.82, 2.24) is 0 Å². The van der Waals surface area contributed by atoms with Gasteiger partial charge in [-0.15, -0.1) is 0 Å². The molecule has 0 aliphatic carbocycles. The molecule has 0 N–H and O–H groups in total. The minimum atomic E-state index is -0.606. The van der Waals surface area contributed by atoms with Crippen LogP contribution in [0.2, 0.25) is 0 Å². The minimum absolute atomic E-state index is 0.184. The van der Waals surface area contributed by atoms with Crippen molar-refractivity contribution in [2.24, 2.45) is 0 Å². The van der Waals surface area contributed by atoms with Gasteiger partial charge in [0, 0.05) is 0 Å². The van der Waals surface area contributed by atoms with E-state index in [1.807, 2.05) is 0 Å². The molecule has 9 heteroatoms. The van der Waals surface area contributed by atoms with Crippen LogP contribution < -0.4 is 0 Å². The first-order valence-electron chi connectivity index (χ1n) is 5.48. The van der Waals surface area contributed by atoms with Crippen LogP contribution in [0.25, 0.3) is 0 Å². The summed E-state index contributed by atoms with van der Waals surface area (Å²) in [5.74, 6) is 0. The fourth-order valence-corrected chi connectivity index (χ4v) is 0.994. The van der Waals surface area contributed by atoms with Gasteiger partial charge in [0.05, 0.1) is 13.2 Å². The molecular weight excluding hydrogens is 237 g/mol.